The topological polar surface area (TPSA) is 3.24 Å². The van der Waals surface area contributed by atoms with Gasteiger partial charge in [-0.3, -0.25) is 0 Å². The van der Waals surface area contributed by atoms with Gasteiger partial charge in [-0.05, 0) is 41.4 Å². The van der Waals surface area contributed by atoms with Gasteiger partial charge in [-0.15, -0.1) is 0 Å². The third kappa shape index (κ3) is 2.01. The van der Waals surface area contributed by atoms with Crippen molar-refractivity contribution in [2.75, 3.05) is 18.0 Å². The van der Waals surface area contributed by atoms with Crippen LogP contribution in [0.15, 0.2) is 18.2 Å². The number of hydrogen-bond acceptors (Lipinski definition) is 1. The molecule has 0 amide bonds. The summed E-state index contributed by atoms with van der Waals surface area (Å²) in [6.07, 6.45) is 0. The third-order valence-electron chi connectivity index (χ3n) is 4.41. The lowest BCUT2D eigenvalue weighted by molar-refractivity contribution is 0.309. The summed E-state index contributed by atoms with van der Waals surface area (Å²) in [6, 6.07) is 4.81. The molecule has 0 aromatic heterocycles. The number of halogens is 2. The fourth-order valence-corrected chi connectivity index (χ4v) is 3.96. The van der Waals surface area contributed by atoms with Gasteiger partial charge in [0, 0.05) is 23.8 Å². The van der Waals surface area contributed by atoms with Gasteiger partial charge in [0.2, 0.25) is 0 Å². The van der Waals surface area contributed by atoms with Crippen LogP contribution in [-0.2, 0) is 0 Å². The minimum absolute atomic E-state index is 0.245. The Labute approximate surface area is 113 Å². The van der Waals surface area contributed by atoms with Crippen LogP contribution >= 0.6 is 11.6 Å². The zero-order chi connectivity index (χ0) is 13.1. The first-order chi connectivity index (χ1) is 8.36. The maximum Gasteiger partial charge on any atom is 0.126 e. The Morgan fingerprint density at radius 2 is 1.78 bits per heavy atom. The first kappa shape index (κ1) is 12.3. The standard InChI is InChI=1S/C15H19ClFN/c1-15(2,3)14-12-7-18(8-13(12)14)11-5-9(16)4-10(17)6-11/h4-6,12-14H,7-8H2,1-3H3. The average molecular weight is 268 g/mol. The summed E-state index contributed by atoms with van der Waals surface area (Å²) < 4.78 is 13.3. The molecule has 2 aliphatic rings. The van der Waals surface area contributed by atoms with E-state index in [0.717, 1.165) is 36.5 Å². The van der Waals surface area contributed by atoms with Crippen LogP contribution in [0.5, 0.6) is 0 Å². The van der Waals surface area contributed by atoms with E-state index < -0.39 is 0 Å². The minimum Gasteiger partial charge on any atom is -0.371 e. The van der Waals surface area contributed by atoms with Gasteiger partial charge >= 0.3 is 0 Å². The van der Waals surface area contributed by atoms with E-state index in [1.807, 2.05) is 6.07 Å². The van der Waals surface area contributed by atoms with Crippen molar-refractivity contribution in [1.29, 1.82) is 0 Å². The Morgan fingerprint density at radius 1 is 1.17 bits per heavy atom. The molecule has 1 heterocycles. The molecule has 98 valence electrons. The summed E-state index contributed by atoms with van der Waals surface area (Å²) in [5, 5.41) is 0.484. The second-order valence-corrected chi connectivity index (χ2v) is 7.19. The zero-order valence-electron chi connectivity index (χ0n) is 11.1. The van der Waals surface area contributed by atoms with Crippen LogP contribution in [0.1, 0.15) is 20.8 Å². The van der Waals surface area contributed by atoms with Gasteiger partial charge in [-0.2, -0.15) is 0 Å². The third-order valence-corrected chi connectivity index (χ3v) is 4.62. The summed E-state index contributed by atoms with van der Waals surface area (Å²) in [4.78, 5) is 2.27. The lowest BCUT2D eigenvalue weighted by atomic mass is 9.87. The minimum atomic E-state index is -0.245. The maximum absolute atomic E-state index is 13.3. The van der Waals surface area contributed by atoms with Crippen molar-refractivity contribution in [1.82, 2.24) is 0 Å². The van der Waals surface area contributed by atoms with Crippen molar-refractivity contribution in [2.45, 2.75) is 20.8 Å². The van der Waals surface area contributed by atoms with E-state index in [0.29, 0.717) is 10.4 Å². The van der Waals surface area contributed by atoms with Gasteiger partial charge in [0.25, 0.3) is 0 Å². The molecule has 1 aromatic carbocycles. The fraction of sp³-hybridized carbons (Fsp3) is 0.600. The summed E-state index contributed by atoms with van der Waals surface area (Å²) in [7, 11) is 0. The van der Waals surface area contributed by atoms with Crippen LogP contribution in [0.4, 0.5) is 10.1 Å². The Kier molecular flexibility index (Phi) is 2.64. The molecular formula is C15H19ClFN. The molecule has 1 nitrogen and oxygen atoms in total. The molecule has 1 aromatic rings. The lowest BCUT2D eigenvalue weighted by Crippen LogP contribution is -2.27. The highest BCUT2D eigenvalue weighted by atomic mass is 35.5. The summed E-state index contributed by atoms with van der Waals surface area (Å²) >= 11 is 5.91. The molecule has 1 saturated carbocycles. The van der Waals surface area contributed by atoms with Gasteiger partial charge < -0.3 is 4.90 Å². The maximum atomic E-state index is 13.3. The van der Waals surface area contributed by atoms with Gasteiger partial charge in [-0.25, -0.2) is 4.39 Å². The predicted octanol–water partition coefficient (Wildman–Crippen LogP) is 4.21. The molecule has 1 aliphatic carbocycles. The largest absolute Gasteiger partial charge is 0.371 e. The molecule has 2 fully saturated rings. The molecular weight excluding hydrogens is 249 g/mol. The molecule has 1 saturated heterocycles. The smallest absolute Gasteiger partial charge is 0.126 e. The number of rotatable bonds is 1. The van der Waals surface area contributed by atoms with Crippen molar-refractivity contribution in [2.24, 2.45) is 23.2 Å². The van der Waals surface area contributed by atoms with Gasteiger partial charge in [0.05, 0.1) is 0 Å². The number of hydrogen-bond donors (Lipinski definition) is 0. The molecule has 2 unspecified atom stereocenters. The fourth-order valence-electron chi connectivity index (χ4n) is 3.74. The molecule has 1 aliphatic heterocycles. The van der Waals surface area contributed by atoms with Crippen LogP contribution < -0.4 is 4.90 Å². The number of nitrogens with zero attached hydrogens (tertiary/aromatic N) is 1. The summed E-state index contributed by atoms with van der Waals surface area (Å²) in [5.41, 5.74) is 1.33. The number of piperidine rings is 1. The van der Waals surface area contributed by atoms with Crippen molar-refractivity contribution in [3.05, 3.63) is 29.0 Å². The predicted molar refractivity (Wildman–Crippen MR) is 73.5 cm³/mol. The SMILES string of the molecule is CC(C)(C)C1C2CN(c3cc(F)cc(Cl)c3)CC21. The van der Waals surface area contributed by atoms with Crippen LogP contribution in [0.25, 0.3) is 0 Å². The van der Waals surface area contributed by atoms with E-state index >= 15 is 0 Å². The van der Waals surface area contributed by atoms with E-state index in [4.69, 9.17) is 11.6 Å². The van der Waals surface area contributed by atoms with Crippen molar-refractivity contribution < 1.29 is 4.39 Å². The summed E-state index contributed by atoms with van der Waals surface area (Å²) in [5.74, 6) is 2.15. The van der Waals surface area contributed by atoms with Crippen molar-refractivity contribution in [3.8, 4) is 0 Å². The molecule has 18 heavy (non-hydrogen) atoms. The van der Waals surface area contributed by atoms with Gasteiger partial charge in [-0.1, -0.05) is 32.4 Å². The van der Waals surface area contributed by atoms with Crippen LogP contribution in [0, 0.1) is 29.0 Å². The van der Waals surface area contributed by atoms with E-state index in [9.17, 15) is 4.39 Å². The second kappa shape index (κ2) is 3.86. The highest BCUT2D eigenvalue weighted by molar-refractivity contribution is 6.30. The van der Waals surface area contributed by atoms with Crippen LogP contribution in [0.2, 0.25) is 5.02 Å². The van der Waals surface area contributed by atoms with Gasteiger partial charge in [0.1, 0.15) is 5.82 Å². The van der Waals surface area contributed by atoms with E-state index in [-0.39, 0.29) is 5.82 Å². The molecule has 0 bridgehead atoms. The molecule has 0 radical (unpaired) electrons. The number of benzene rings is 1. The molecule has 0 N–H and O–H groups in total. The molecule has 2 atom stereocenters. The van der Waals surface area contributed by atoms with Crippen molar-refractivity contribution >= 4 is 17.3 Å². The first-order valence-electron chi connectivity index (χ1n) is 6.57. The average Bonchev–Trinajstić information content (AvgIpc) is 2.75. The molecule has 3 heteroatoms. The number of anilines is 1. The Bertz CT molecular complexity index is 448. The zero-order valence-corrected chi connectivity index (χ0v) is 11.8. The molecule has 0 spiro atoms. The van der Waals surface area contributed by atoms with E-state index in [2.05, 4.69) is 25.7 Å². The van der Waals surface area contributed by atoms with Crippen LogP contribution in [0.3, 0.4) is 0 Å². The normalized spacial score (nSPS) is 30.5. The van der Waals surface area contributed by atoms with Gasteiger partial charge in [0.15, 0.2) is 0 Å². The monoisotopic (exact) mass is 267 g/mol. The highest BCUT2D eigenvalue weighted by Crippen LogP contribution is 2.60. The Balaban J connectivity index is 1.73. The summed E-state index contributed by atoms with van der Waals surface area (Å²) in [6.45, 7) is 9.05. The van der Waals surface area contributed by atoms with E-state index in [1.165, 1.54) is 6.07 Å². The lowest BCUT2D eigenvalue weighted by Gasteiger charge is -2.27. The Hall–Kier alpha value is -0.760. The Morgan fingerprint density at radius 3 is 2.28 bits per heavy atom. The second-order valence-electron chi connectivity index (χ2n) is 6.75. The molecule has 3 rings (SSSR count). The quantitative estimate of drug-likeness (QED) is 0.737. The highest BCUT2D eigenvalue weighted by Gasteiger charge is 2.59. The van der Waals surface area contributed by atoms with E-state index in [1.54, 1.807) is 6.07 Å². The number of fused-ring (bicyclic) bond motifs is 1. The van der Waals surface area contributed by atoms with Crippen molar-refractivity contribution in [3.63, 3.8) is 0 Å². The van der Waals surface area contributed by atoms with Crippen LogP contribution in [-0.4, -0.2) is 13.1 Å². The first-order valence-corrected chi connectivity index (χ1v) is 6.95.